The summed E-state index contributed by atoms with van der Waals surface area (Å²) in [5, 5.41) is 6.02. The summed E-state index contributed by atoms with van der Waals surface area (Å²) < 4.78 is 0. The van der Waals surface area contributed by atoms with Crippen LogP contribution < -0.4 is 0 Å². The summed E-state index contributed by atoms with van der Waals surface area (Å²) in [5.74, 6) is 3.78. The molecule has 40 heavy (non-hydrogen) atoms. The third-order valence-corrected chi connectivity index (χ3v) is 14.0. The lowest BCUT2D eigenvalue weighted by molar-refractivity contribution is -0.211. The zero-order chi connectivity index (χ0) is 26.2. The highest BCUT2D eigenvalue weighted by Gasteiger charge is 2.70. The van der Waals surface area contributed by atoms with Crippen LogP contribution in [-0.4, -0.2) is 0 Å². The molecule has 12 rings (SSSR count). The van der Waals surface area contributed by atoms with Gasteiger partial charge >= 0.3 is 0 Å². The molecule has 4 unspecified atom stereocenters. The number of hydrogen-bond acceptors (Lipinski definition) is 0. The van der Waals surface area contributed by atoms with Gasteiger partial charge in [-0.2, -0.15) is 0 Å². The van der Waals surface area contributed by atoms with Crippen molar-refractivity contribution in [1.29, 1.82) is 0 Å². The predicted octanol–water partition coefficient (Wildman–Crippen LogP) is 10.4. The molecule has 8 bridgehead atoms. The molecule has 0 N–H and O–H groups in total. The van der Waals surface area contributed by atoms with Crippen molar-refractivity contribution in [2.24, 2.45) is 34.5 Å². The number of hydrogen-bond donors (Lipinski definition) is 0. The number of fused-ring (bicyclic) bond motifs is 2. The minimum atomic E-state index is 0.404. The summed E-state index contributed by atoms with van der Waals surface area (Å²) in [6, 6.07) is 33.2. The van der Waals surface area contributed by atoms with Gasteiger partial charge in [-0.15, -0.1) is 0 Å². The van der Waals surface area contributed by atoms with Crippen LogP contribution in [0.1, 0.15) is 88.2 Å². The van der Waals surface area contributed by atoms with Gasteiger partial charge in [0.25, 0.3) is 0 Å². The fraction of sp³-hybridized carbons (Fsp3) is 0.500. The molecule has 8 aliphatic carbocycles. The predicted molar refractivity (Wildman–Crippen MR) is 165 cm³/mol. The van der Waals surface area contributed by atoms with Gasteiger partial charge in [0, 0.05) is 0 Å². The normalized spacial score (nSPS) is 42.7. The quantitative estimate of drug-likeness (QED) is 0.251. The lowest BCUT2D eigenvalue weighted by Gasteiger charge is -2.74. The highest BCUT2D eigenvalue weighted by molar-refractivity contribution is 5.87. The van der Waals surface area contributed by atoms with E-state index >= 15 is 0 Å². The third-order valence-electron chi connectivity index (χ3n) is 14.0. The van der Waals surface area contributed by atoms with Gasteiger partial charge in [0.2, 0.25) is 0 Å². The Morgan fingerprint density at radius 3 is 1.20 bits per heavy atom. The van der Waals surface area contributed by atoms with Gasteiger partial charge < -0.3 is 0 Å². The SMILES string of the molecule is c1ccc2c(C34CC5CC(C3)CC(C36CC7CC(CC(c8cccc9ccccc89)(C7)C3)C6)(C5)C4)cccc2c1. The van der Waals surface area contributed by atoms with E-state index in [1.165, 1.54) is 62.1 Å². The fourth-order valence-corrected chi connectivity index (χ4v) is 13.8. The molecule has 0 spiro atoms. The first-order valence-corrected chi connectivity index (χ1v) is 16.5. The number of benzene rings is 4. The zero-order valence-corrected chi connectivity index (χ0v) is 23.9. The molecule has 0 nitrogen and oxygen atoms in total. The van der Waals surface area contributed by atoms with E-state index in [4.69, 9.17) is 0 Å². The van der Waals surface area contributed by atoms with Gasteiger partial charge in [0.15, 0.2) is 0 Å². The molecule has 0 radical (unpaired) electrons. The lowest BCUT2D eigenvalue weighted by Crippen LogP contribution is -2.66. The second kappa shape index (κ2) is 7.61. The van der Waals surface area contributed by atoms with Crippen LogP contribution >= 0.6 is 0 Å². The van der Waals surface area contributed by atoms with E-state index in [0.29, 0.717) is 21.7 Å². The van der Waals surface area contributed by atoms with Crippen LogP contribution in [0, 0.1) is 34.5 Å². The molecule has 4 atom stereocenters. The highest BCUT2D eigenvalue weighted by Crippen LogP contribution is 2.79. The molecule has 0 aromatic heterocycles. The topological polar surface area (TPSA) is 0 Å². The first-order valence-electron chi connectivity index (χ1n) is 16.5. The van der Waals surface area contributed by atoms with E-state index in [-0.39, 0.29) is 0 Å². The molecule has 4 aromatic rings. The molecular weight excluding hydrogens is 480 g/mol. The fourth-order valence-electron chi connectivity index (χ4n) is 13.8. The Kier molecular flexibility index (Phi) is 4.38. The van der Waals surface area contributed by atoms with Crippen molar-refractivity contribution in [2.45, 2.75) is 87.9 Å². The average Bonchev–Trinajstić information content (AvgIpc) is 2.95. The van der Waals surface area contributed by atoms with Crippen LogP contribution in [0.15, 0.2) is 84.9 Å². The monoisotopic (exact) mass is 522 g/mol. The largest absolute Gasteiger partial charge is 0.0616 e. The van der Waals surface area contributed by atoms with Crippen LogP contribution in [0.2, 0.25) is 0 Å². The second-order valence-electron chi connectivity index (χ2n) is 16.1. The number of rotatable bonds is 3. The van der Waals surface area contributed by atoms with Crippen LogP contribution in [-0.2, 0) is 10.8 Å². The van der Waals surface area contributed by atoms with Crippen molar-refractivity contribution >= 4 is 21.5 Å². The summed E-state index contributed by atoms with van der Waals surface area (Å²) in [6.07, 6.45) is 18.0. The lowest BCUT2D eigenvalue weighted by atomic mass is 9.30. The Balaban J connectivity index is 1.13. The van der Waals surface area contributed by atoms with Crippen molar-refractivity contribution in [1.82, 2.24) is 0 Å². The van der Waals surface area contributed by atoms with Gasteiger partial charge in [-0.3, -0.25) is 0 Å². The first-order chi connectivity index (χ1) is 19.6. The van der Waals surface area contributed by atoms with Crippen LogP contribution in [0.25, 0.3) is 21.5 Å². The third kappa shape index (κ3) is 2.89. The van der Waals surface area contributed by atoms with Crippen molar-refractivity contribution in [3.63, 3.8) is 0 Å². The van der Waals surface area contributed by atoms with Crippen LogP contribution in [0.5, 0.6) is 0 Å². The Hall–Kier alpha value is -2.60. The average molecular weight is 523 g/mol. The molecule has 0 aliphatic heterocycles. The van der Waals surface area contributed by atoms with Crippen molar-refractivity contribution in [3.05, 3.63) is 96.1 Å². The van der Waals surface area contributed by atoms with Crippen molar-refractivity contribution < 1.29 is 0 Å². The molecule has 202 valence electrons. The minimum Gasteiger partial charge on any atom is -0.0616 e. The maximum atomic E-state index is 2.56. The van der Waals surface area contributed by atoms with Gasteiger partial charge in [-0.05, 0) is 155 Å². The van der Waals surface area contributed by atoms with E-state index in [1.54, 1.807) is 47.6 Å². The van der Waals surface area contributed by atoms with Gasteiger partial charge in [-0.1, -0.05) is 84.9 Å². The Morgan fingerprint density at radius 1 is 0.400 bits per heavy atom. The maximum absolute atomic E-state index is 2.56. The Morgan fingerprint density at radius 2 is 0.775 bits per heavy atom. The Bertz CT molecular complexity index is 1510. The molecule has 4 aromatic carbocycles. The van der Waals surface area contributed by atoms with Gasteiger partial charge in [-0.25, -0.2) is 0 Å². The standard InChI is InChI=1S/C40H42/c1-3-11-33-31(7-1)9-5-13-35(33)37-17-27-15-28(18-37)22-39(21-27,25-37)40-23-29-16-30(24-40)20-38(19-29,26-40)36-14-6-10-32-8-2-4-12-34(32)36/h1-14,27-30H,15-26H2. The zero-order valence-electron chi connectivity index (χ0n) is 23.9. The molecule has 0 heterocycles. The van der Waals surface area contributed by atoms with Crippen molar-refractivity contribution in [3.8, 4) is 0 Å². The van der Waals surface area contributed by atoms with Crippen LogP contribution in [0.4, 0.5) is 0 Å². The summed E-state index contributed by atoms with van der Waals surface area (Å²) in [5.41, 5.74) is 5.36. The maximum Gasteiger partial charge on any atom is -0.00301 e. The highest BCUT2D eigenvalue weighted by atomic mass is 14.7. The smallest absolute Gasteiger partial charge is 0.00301 e. The molecule has 0 saturated heterocycles. The molecule has 8 saturated carbocycles. The molecule has 8 fully saturated rings. The van der Waals surface area contributed by atoms with E-state index in [0.717, 1.165) is 23.7 Å². The Labute approximate surface area is 239 Å². The first kappa shape index (κ1) is 23.0. The van der Waals surface area contributed by atoms with Crippen molar-refractivity contribution in [2.75, 3.05) is 0 Å². The summed E-state index contributed by atoms with van der Waals surface area (Å²) in [7, 11) is 0. The summed E-state index contributed by atoms with van der Waals surface area (Å²) in [6.45, 7) is 0. The van der Waals surface area contributed by atoms with E-state index in [1.807, 2.05) is 0 Å². The molecule has 8 aliphatic rings. The molecule has 0 amide bonds. The summed E-state index contributed by atoms with van der Waals surface area (Å²) in [4.78, 5) is 0. The second-order valence-corrected chi connectivity index (χ2v) is 16.1. The van der Waals surface area contributed by atoms with E-state index < -0.39 is 0 Å². The molecular formula is C40H42. The summed E-state index contributed by atoms with van der Waals surface area (Å²) >= 11 is 0. The minimum absolute atomic E-state index is 0.404. The van der Waals surface area contributed by atoms with Crippen LogP contribution in [0.3, 0.4) is 0 Å². The van der Waals surface area contributed by atoms with Gasteiger partial charge in [0.1, 0.15) is 0 Å². The van der Waals surface area contributed by atoms with Gasteiger partial charge in [0.05, 0.1) is 0 Å². The van der Waals surface area contributed by atoms with E-state index in [2.05, 4.69) is 84.9 Å². The van der Waals surface area contributed by atoms with E-state index in [9.17, 15) is 0 Å². The molecule has 0 heteroatoms.